The third kappa shape index (κ3) is 2.33. The molecule has 1 fully saturated rings. The van der Waals surface area contributed by atoms with Crippen LogP contribution in [0, 0.1) is 5.82 Å². The second-order valence-electron chi connectivity index (χ2n) is 5.91. The molecule has 0 amide bonds. The fourth-order valence-electron chi connectivity index (χ4n) is 3.00. The van der Waals surface area contributed by atoms with Crippen molar-refractivity contribution in [2.24, 2.45) is 5.11 Å². The Labute approximate surface area is 138 Å². The summed E-state index contributed by atoms with van der Waals surface area (Å²) in [4.78, 5) is 26.5. The lowest BCUT2D eigenvalue weighted by atomic mass is 10.1. The number of aromatic carboxylic acids is 1. The molecule has 25 heavy (non-hydrogen) atoms. The molecule has 0 saturated heterocycles. The standard InChI is InChI=1S/C16H11FN4O4/c17-12-4-10-13(15-9(12)3-8(25-15)5-19-20-18)21(7-1-2-7)6-11(14(10)22)16(23)24/h3-4,6-7H,1-2,5H2,(H,23,24). The third-order valence-electron chi connectivity index (χ3n) is 4.26. The minimum Gasteiger partial charge on any atom is -0.477 e. The Kier molecular flexibility index (Phi) is 3.26. The molecular weight excluding hydrogens is 331 g/mol. The number of carboxylic acid groups (broad SMARTS) is 1. The number of pyridine rings is 1. The number of carbonyl (C=O) groups is 1. The average molecular weight is 342 g/mol. The largest absolute Gasteiger partial charge is 0.477 e. The first-order chi connectivity index (χ1) is 12.0. The van der Waals surface area contributed by atoms with Gasteiger partial charge in [0, 0.05) is 17.2 Å². The lowest BCUT2D eigenvalue weighted by molar-refractivity contribution is 0.0695. The summed E-state index contributed by atoms with van der Waals surface area (Å²) >= 11 is 0. The first-order valence-electron chi connectivity index (χ1n) is 7.55. The highest BCUT2D eigenvalue weighted by atomic mass is 19.1. The summed E-state index contributed by atoms with van der Waals surface area (Å²) in [7, 11) is 0. The van der Waals surface area contributed by atoms with Crippen LogP contribution < -0.4 is 5.43 Å². The molecule has 3 aromatic rings. The van der Waals surface area contributed by atoms with Crippen molar-refractivity contribution in [3.63, 3.8) is 0 Å². The van der Waals surface area contributed by atoms with Crippen molar-refractivity contribution in [3.8, 4) is 0 Å². The zero-order valence-corrected chi connectivity index (χ0v) is 12.8. The van der Waals surface area contributed by atoms with E-state index in [0.717, 1.165) is 18.9 Å². The number of rotatable bonds is 4. The van der Waals surface area contributed by atoms with E-state index >= 15 is 0 Å². The van der Waals surface area contributed by atoms with Crippen molar-refractivity contribution < 1.29 is 18.7 Å². The molecule has 0 unspecified atom stereocenters. The Morgan fingerprint density at radius 3 is 2.84 bits per heavy atom. The van der Waals surface area contributed by atoms with Crippen LogP contribution in [0.4, 0.5) is 4.39 Å². The van der Waals surface area contributed by atoms with Gasteiger partial charge in [-0.3, -0.25) is 4.79 Å². The Hall–Kier alpha value is -3.32. The van der Waals surface area contributed by atoms with Crippen molar-refractivity contribution in [1.82, 2.24) is 4.57 Å². The zero-order valence-electron chi connectivity index (χ0n) is 12.8. The number of furan rings is 1. The van der Waals surface area contributed by atoms with Crippen LogP contribution in [-0.4, -0.2) is 15.6 Å². The number of carboxylic acids is 1. The van der Waals surface area contributed by atoms with Crippen LogP contribution in [0.2, 0.25) is 0 Å². The molecule has 2 heterocycles. The fraction of sp³-hybridized carbons (Fsp3) is 0.250. The summed E-state index contributed by atoms with van der Waals surface area (Å²) in [6, 6.07) is 2.50. The number of hydrogen-bond acceptors (Lipinski definition) is 4. The summed E-state index contributed by atoms with van der Waals surface area (Å²) in [6.45, 7) is -0.0903. The van der Waals surface area contributed by atoms with Gasteiger partial charge in [-0.15, -0.1) is 0 Å². The van der Waals surface area contributed by atoms with Crippen molar-refractivity contribution in [2.45, 2.75) is 25.4 Å². The Balaban J connectivity index is 2.14. The fourth-order valence-corrected chi connectivity index (χ4v) is 3.00. The van der Waals surface area contributed by atoms with Gasteiger partial charge in [0.1, 0.15) is 17.1 Å². The maximum absolute atomic E-state index is 14.5. The van der Waals surface area contributed by atoms with Gasteiger partial charge in [-0.1, -0.05) is 5.11 Å². The van der Waals surface area contributed by atoms with E-state index < -0.39 is 22.8 Å². The van der Waals surface area contributed by atoms with Gasteiger partial charge in [-0.2, -0.15) is 0 Å². The number of fused-ring (bicyclic) bond motifs is 3. The molecule has 1 aromatic carbocycles. The first-order valence-corrected chi connectivity index (χ1v) is 7.55. The van der Waals surface area contributed by atoms with Crippen LogP contribution in [0.25, 0.3) is 32.3 Å². The predicted molar refractivity (Wildman–Crippen MR) is 86.0 cm³/mol. The van der Waals surface area contributed by atoms with E-state index in [9.17, 15) is 19.1 Å². The number of azide groups is 1. The number of benzene rings is 1. The SMILES string of the molecule is [N-]=[N+]=NCc1cc2c(F)cc3c(=O)c(C(=O)O)cn(C4CC4)c3c2o1. The smallest absolute Gasteiger partial charge is 0.341 e. The molecule has 2 aromatic heterocycles. The van der Waals surface area contributed by atoms with Crippen molar-refractivity contribution >= 4 is 27.8 Å². The van der Waals surface area contributed by atoms with Crippen molar-refractivity contribution in [2.75, 3.05) is 0 Å². The Morgan fingerprint density at radius 2 is 2.20 bits per heavy atom. The van der Waals surface area contributed by atoms with Gasteiger partial charge in [-0.05, 0) is 30.5 Å². The average Bonchev–Trinajstić information content (AvgIpc) is 3.32. The molecule has 1 N–H and O–H groups in total. The highest BCUT2D eigenvalue weighted by Gasteiger charge is 2.29. The predicted octanol–water partition coefficient (Wildman–Crippen LogP) is 3.73. The normalized spacial score (nSPS) is 14.0. The van der Waals surface area contributed by atoms with Gasteiger partial charge in [0.05, 0.1) is 22.8 Å². The van der Waals surface area contributed by atoms with Crippen LogP contribution in [-0.2, 0) is 6.54 Å². The van der Waals surface area contributed by atoms with E-state index in [4.69, 9.17) is 9.95 Å². The molecule has 0 radical (unpaired) electrons. The van der Waals surface area contributed by atoms with Gasteiger partial charge in [0.25, 0.3) is 0 Å². The van der Waals surface area contributed by atoms with Crippen LogP contribution in [0.3, 0.4) is 0 Å². The van der Waals surface area contributed by atoms with Crippen LogP contribution >= 0.6 is 0 Å². The summed E-state index contributed by atoms with van der Waals surface area (Å²) in [5.74, 6) is -1.79. The van der Waals surface area contributed by atoms with E-state index in [-0.39, 0.29) is 34.7 Å². The molecule has 1 aliphatic rings. The van der Waals surface area contributed by atoms with E-state index in [2.05, 4.69) is 10.0 Å². The molecular formula is C16H11FN4O4. The molecule has 0 atom stereocenters. The lowest BCUT2D eigenvalue weighted by Crippen LogP contribution is -2.19. The van der Waals surface area contributed by atoms with E-state index in [1.165, 1.54) is 12.3 Å². The molecule has 0 bridgehead atoms. The molecule has 0 spiro atoms. The van der Waals surface area contributed by atoms with Crippen LogP contribution in [0.15, 0.2) is 32.7 Å². The van der Waals surface area contributed by atoms with E-state index in [1.54, 1.807) is 4.57 Å². The highest BCUT2D eigenvalue weighted by Crippen LogP contribution is 2.39. The number of hydrogen-bond donors (Lipinski definition) is 1. The molecule has 126 valence electrons. The topological polar surface area (TPSA) is 121 Å². The second kappa shape index (κ2) is 5.35. The van der Waals surface area contributed by atoms with Crippen molar-refractivity contribution in [1.29, 1.82) is 0 Å². The monoisotopic (exact) mass is 342 g/mol. The van der Waals surface area contributed by atoms with Gasteiger partial charge in [-0.25, -0.2) is 9.18 Å². The van der Waals surface area contributed by atoms with Crippen molar-refractivity contribution in [3.05, 3.63) is 56.1 Å². The highest BCUT2D eigenvalue weighted by molar-refractivity contribution is 6.04. The van der Waals surface area contributed by atoms with E-state index in [0.29, 0.717) is 5.52 Å². The maximum Gasteiger partial charge on any atom is 0.341 e. The third-order valence-corrected chi connectivity index (χ3v) is 4.26. The number of nitrogens with zero attached hydrogens (tertiary/aromatic N) is 4. The zero-order chi connectivity index (χ0) is 17.7. The molecule has 0 aliphatic heterocycles. The molecule has 9 heteroatoms. The number of halogens is 1. The Morgan fingerprint density at radius 1 is 1.44 bits per heavy atom. The van der Waals surface area contributed by atoms with Gasteiger partial charge < -0.3 is 14.1 Å². The molecule has 8 nitrogen and oxygen atoms in total. The molecule has 1 saturated carbocycles. The van der Waals surface area contributed by atoms with Gasteiger partial charge in [0.2, 0.25) is 5.43 Å². The van der Waals surface area contributed by atoms with E-state index in [1.807, 2.05) is 0 Å². The quantitative estimate of drug-likeness (QED) is 0.441. The summed E-state index contributed by atoms with van der Waals surface area (Å²) in [5.41, 5.74) is 7.77. The minimum atomic E-state index is -1.36. The second-order valence-corrected chi connectivity index (χ2v) is 5.91. The maximum atomic E-state index is 14.5. The lowest BCUT2D eigenvalue weighted by Gasteiger charge is -2.12. The summed E-state index contributed by atoms with van der Waals surface area (Å²) < 4.78 is 21.7. The van der Waals surface area contributed by atoms with Gasteiger partial charge >= 0.3 is 5.97 Å². The summed E-state index contributed by atoms with van der Waals surface area (Å²) in [6.07, 6.45) is 2.96. The molecule has 4 rings (SSSR count). The van der Waals surface area contributed by atoms with Gasteiger partial charge in [0.15, 0.2) is 5.58 Å². The number of aromatic nitrogens is 1. The summed E-state index contributed by atoms with van der Waals surface area (Å²) in [5, 5.41) is 12.8. The minimum absolute atomic E-state index is 0.0403. The Bertz CT molecular complexity index is 1150. The molecule has 1 aliphatic carbocycles. The van der Waals surface area contributed by atoms with Crippen LogP contribution in [0.5, 0.6) is 0 Å². The first kappa shape index (κ1) is 15.2. The van der Waals surface area contributed by atoms with Crippen LogP contribution in [0.1, 0.15) is 35.0 Å².